The summed E-state index contributed by atoms with van der Waals surface area (Å²) in [4.78, 5) is 4.72. The lowest BCUT2D eigenvalue weighted by atomic mass is 9.91. The minimum absolute atomic E-state index is 0.214. The quantitative estimate of drug-likeness (QED) is 0.645. The van der Waals surface area contributed by atoms with Gasteiger partial charge < -0.3 is 0 Å². The van der Waals surface area contributed by atoms with Gasteiger partial charge in [0.2, 0.25) is 0 Å². The number of aliphatic imine (C=N–C) groups is 1. The molecule has 0 aromatic rings. The number of hydrogen-bond acceptors (Lipinski definition) is 2. The van der Waals surface area contributed by atoms with Crippen molar-refractivity contribution < 1.29 is 0 Å². The molecule has 0 unspecified atom stereocenters. The topological polar surface area (TPSA) is 12.4 Å². The van der Waals surface area contributed by atoms with Crippen LogP contribution < -0.4 is 0 Å². The second kappa shape index (κ2) is 5.79. The van der Waals surface area contributed by atoms with Gasteiger partial charge >= 0.3 is 0 Å². The normalized spacial score (nSPS) is 14.2. The Morgan fingerprint density at radius 2 is 1.64 bits per heavy atom. The van der Waals surface area contributed by atoms with Gasteiger partial charge in [0.1, 0.15) is 0 Å². The Kier molecular flexibility index (Phi) is 5.80. The van der Waals surface area contributed by atoms with E-state index in [1.54, 1.807) is 0 Å². The number of rotatable bonds is 4. The van der Waals surface area contributed by atoms with Crippen molar-refractivity contribution in [1.29, 1.82) is 0 Å². The molecule has 14 heavy (non-hydrogen) atoms. The van der Waals surface area contributed by atoms with Gasteiger partial charge in [-0.15, -0.1) is 0 Å². The molecule has 0 aliphatic rings. The third kappa shape index (κ3) is 6.47. The SMILES string of the molecule is CC(C)N=C(CSC(C)C)C(C)(C)C. The zero-order valence-electron chi connectivity index (χ0n) is 10.7. The largest absolute Gasteiger partial charge is 0.290 e. The van der Waals surface area contributed by atoms with Gasteiger partial charge in [-0.05, 0) is 19.1 Å². The van der Waals surface area contributed by atoms with Gasteiger partial charge in [-0.3, -0.25) is 4.99 Å². The molecule has 2 heteroatoms. The van der Waals surface area contributed by atoms with Gasteiger partial charge in [0.15, 0.2) is 0 Å². The summed E-state index contributed by atoms with van der Waals surface area (Å²) in [6.07, 6.45) is 0. The molecule has 0 N–H and O–H groups in total. The molecule has 0 rings (SSSR count). The molecular formula is C12H25NS. The molecule has 0 bridgehead atoms. The van der Waals surface area contributed by atoms with E-state index in [2.05, 4.69) is 48.5 Å². The van der Waals surface area contributed by atoms with Crippen LogP contribution in [0.1, 0.15) is 48.5 Å². The zero-order chi connectivity index (χ0) is 11.4. The van der Waals surface area contributed by atoms with Crippen LogP contribution in [0.15, 0.2) is 4.99 Å². The van der Waals surface area contributed by atoms with E-state index in [1.807, 2.05) is 11.8 Å². The van der Waals surface area contributed by atoms with Crippen LogP contribution in [0.4, 0.5) is 0 Å². The van der Waals surface area contributed by atoms with Crippen LogP contribution in [0, 0.1) is 5.41 Å². The van der Waals surface area contributed by atoms with Gasteiger partial charge in [-0.25, -0.2) is 0 Å². The van der Waals surface area contributed by atoms with Crippen LogP contribution >= 0.6 is 11.8 Å². The highest BCUT2D eigenvalue weighted by molar-refractivity contribution is 8.00. The number of thioether (sulfide) groups is 1. The van der Waals surface area contributed by atoms with Crippen molar-refractivity contribution in [1.82, 2.24) is 0 Å². The fraction of sp³-hybridized carbons (Fsp3) is 0.917. The lowest BCUT2D eigenvalue weighted by Gasteiger charge is -2.23. The first-order chi connectivity index (χ1) is 6.23. The number of nitrogens with zero attached hydrogens (tertiary/aromatic N) is 1. The van der Waals surface area contributed by atoms with E-state index in [4.69, 9.17) is 4.99 Å². The lowest BCUT2D eigenvalue weighted by Crippen LogP contribution is -2.24. The molecule has 0 aromatic carbocycles. The van der Waals surface area contributed by atoms with Crippen LogP contribution in [-0.4, -0.2) is 22.8 Å². The Labute approximate surface area is 93.8 Å². The maximum absolute atomic E-state index is 4.72. The molecule has 0 spiro atoms. The van der Waals surface area contributed by atoms with Crippen molar-refractivity contribution in [2.45, 2.75) is 59.8 Å². The van der Waals surface area contributed by atoms with Gasteiger partial charge in [-0.2, -0.15) is 11.8 Å². The zero-order valence-corrected chi connectivity index (χ0v) is 11.5. The van der Waals surface area contributed by atoms with E-state index in [1.165, 1.54) is 5.71 Å². The van der Waals surface area contributed by atoms with Gasteiger partial charge in [0.25, 0.3) is 0 Å². The molecule has 0 aliphatic heterocycles. The van der Waals surface area contributed by atoms with E-state index in [9.17, 15) is 0 Å². The summed E-state index contributed by atoms with van der Waals surface area (Å²) in [6, 6.07) is 0.414. The van der Waals surface area contributed by atoms with Crippen LogP contribution in [0.5, 0.6) is 0 Å². The van der Waals surface area contributed by atoms with Crippen LogP contribution in [0.3, 0.4) is 0 Å². The third-order valence-electron chi connectivity index (χ3n) is 1.83. The highest BCUT2D eigenvalue weighted by Gasteiger charge is 2.19. The summed E-state index contributed by atoms with van der Waals surface area (Å²) in [5.41, 5.74) is 1.55. The second-order valence-electron chi connectivity index (χ2n) is 5.28. The average Bonchev–Trinajstić information content (AvgIpc) is 1.94. The fourth-order valence-electron chi connectivity index (χ4n) is 1.00. The molecule has 0 amide bonds. The van der Waals surface area contributed by atoms with E-state index in [0.717, 1.165) is 5.75 Å². The predicted octanol–water partition coefficient (Wildman–Crippen LogP) is 4.02. The average molecular weight is 215 g/mol. The van der Waals surface area contributed by atoms with Crippen molar-refractivity contribution in [2.75, 3.05) is 5.75 Å². The molecule has 0 atom stereocenters. The maximum atomic E-state index is 4.72. The minimum atomic E-state index is 0.214. The minimum Gasteiger partial charge on any atom is -0.290 e. The van der Waals surface area contributed by atoms with E-state index >= 15 is 0 Å². The Balaban J connectivity index is 4.43. The predicted molar refractivity (Wildman–Crippen MR) is 69.6 cm³/mol. The van der Waals surface area contributed by atoms with E-state index < -0.39 is 0 Å². The molecule has 0 aliphatic carbocycles. The maximum Gasteiger partial charge on any atom is 0.0443 e. The summed E-state index contributed by atoms with van der Waals surface area (Å²) in [6.45, 7) is 15.5. The monoisotopic (exact) mass is 215 g/mol. The summed E-state index contributed by atoms with van der Waals surface area (Å²) < 4.78 is 0. The smallest absolute Gasteiger partial charge is 0.0443 e. The second-order valence-corrected chi connectivity index (χ2v) is 6.84. The summed E-state index contributed by atoms with van der Waals surface area (Å²) in [5.74, 6) is 1.07. The molecule has 1 nitrogen and oxygen atoms in total. The molecule has 0 saturated carbocycles. The first-order valence-corrected chi connectivity index (χ1v) is 6.47. The molecule has 0 aromatic heterocycles. The Morgan fingerprint density at radius 3 is 1.93 bits per heavy atom. The highest BCUT2D eigenvalue weighted by Crippen LogP contribution is 2.22. The molecule has 0 saturated heterocycles. The van der Waals surface area contributed by atoms with Crippen LogP contribution in [0.2, 0.25) is 0 Å². The number of hydrogen-bond donors (Lipinski definition) is 0. The molecule has 0 heterocycles. The molecule has 0 radical (unpaired) electrons. The summed E-state index contributed by atoms with van der Waals surface area (Å²) >= 11 is 1.98. The summed E-state index contributed by atoms with van der Waals surface area (Å²) in [5, 5.41) is 0.690. The molecule has 0 fully saturated rings. The molecule has 84 valence electrons. The van der Waals surface area contributed by atoms with Gasteiger partial charge in [-0.1, -0.05) is 34.6 Å². The van der Waals surface area contributed by atoms with Crippen molar-refractivity contribution in [2.24, 2.45) is 10.4 Å². The summed E-state index contributed by atoms with van der Waals surface area (Å²) in [7, 11) is 0. The van der Waals surface area contributed by atoms with Crippen molar-refractivity contribution in [3.63, 3.8) is 0 Å². The Bertz CT molecular complexity index is 187. The third-order valence-corrected chi connectivity index (χ3v) is 2.94. The van der Waals surface area contributed by atoms with Gasteiger partial charge in [0, 0.05) is 22.9 Å². The lowest BCUT2D eigenvalue weighted by molar-refractivity contribution is 0.581. The first kappa shape index (κ1) is 14.0. The highest BCUT2D eigenvalue weighted by atomic mass is 32.2. The van der Waals surface area contributed by atoms with Gasteiger partial charge in [0.05, 0.1) is 0 Å². The Morgan fingerprint density at radius 1 is 1.14 bits per heavy atom. The first-order valence-electron chi connectivity index (χ1n) is 5.42. The molecular weight excluding hydrogens is 190 g/mol. The van der Waals surface area contributed by atoms with Crippen LogP contribution in [0.25, 0.3) is 0 Å². The standard InChI is InChI=1S/C12H25NS/c1-9(2)13-11(12(5,6)7)8-14-10(3)4/h9-10H,8H2,1-7H3. The van der Waals surface area contributed by atoms with Crippen molar-refractivity contribution in [3.05, 3.63) is 0 Å². The Hall–Kier alpha value is 0.0200. The van der Waals surface area contributed by atoms with Crippen molar-refractivity contribution >= 4 is 17.5 Å². The van der Waals surface area contributed by atoms with Crippen molar-refractivity contribution in [3.8, 4) is 0 Å². The van der Waals surface area contributed by atoms with Crippen LogP contribution in [-0.2, 0) is 0 Å². The van der Waals surface area contributed by atoms with E-state index in [0.29, 0.717) is 11.3 Å². The fourth-order valence-corrected chi connectivity index (χ4v) is 2.00. The van der Waals surface area contributed by atoms with E-state index in [-0.39, 0.29) is 5.41 Å².